The number of ether oxygens (including phenoxy) is 1. The molecule has 0 bridgehead atoms. The van der Waals surface area contributed by atoms with Gasteiger partial charge in [0.1, 0.15) is 5.60 Å². The lowest BCUT2D eigenvalue weighted by molar-refractivity contribution is 0.0420. The first kappa shape index (κ1) is 12.2. The van der Waals surface area contributed by atoms with E-state index in [1.54, 1.807) is 0 Å². The predicted molar refractivity (Wildman–Crippen MR) is 68.8 cm³/mol. The molecule has 1 aromatic carbocycles. The number of anilines is 1. The van der Waals surface area contributed by atoms with E-state index < -0.39 is 11.7 Å². The van der Waals surface area contributed by atoms with Crippen LogP contribution >= 0.6 is 0 Å². The molecular formula is C14H14N2O2. The number of hydrogen-bond donors (Lipinski definition) is 1. The molecule has 0 fully saturated rings. The molecule has 1 heterocycles. The van der Waals surface area contributed by atoms with Crippen LogP contribution in [0.1, 0.15) is 31.9 Å². The van der Waals surface area contributed by atoms with Crippen LogP contribution in [-0.2, 0) is 10.3 Å². The molecule has 18 heavy (non-hydrogen) atoms. The number of benzene rings is 1. The molecule has 0 aromatic heterocycles. The van der Waals surface area contributed by atoms with Crippen molar-refractivity contribution in [1.82, 2.24) is 0 Å². The number of nitrogens with one attached hydrogen (secondary N) is 1. The Morgan fingerprint density at radius 1 is 1.50 bits per heavy atom. The average Bonchev–Trinajstić information content (AvgIpc) is 2.27. The van der Waals surface area contributed by atoms with Gasteiger partial charge in [-0.1, -0.05) is 6.07 Å². The Morgan fingerprint density at radius 2 is 2.22 bits per heavy atom. The molecule has 0 radical (unpaired) electrons. The van der Waals surface area contributed by atoms with E-state index in [-0.39, 0.29) is 0 Å². The van der Waals surface area contributed by atoms with Crippen molar-refractivity contribution in [3.63, 3.8) is 0 Å². The Balaban J connectivity index is 2.53. The van der Waals surface area contributed by atoms with Gasteiger partial charge in [0.05, 0.1) is 11.8 Å². The van der Waals surface area contributed by atoms with Gasteiger partial charge in [-0.25, -0.2) is 4.79 Å². The van der Waals surface area contributed by atoms with E-state index in [1.165, 1.54) is 6.08 Å². The first-order chi connectivity index (χ1) is 8.44. The van der Waals surface area contributed by atoms with Crippen molar-refractivity contribution < 1.29 is 9.53 Å². The SMILES string of the molecule is CC(=CC#N)c1ccc2c(c1)C(C)(C)OC(=O)N2. The van der Waals surface area contributed by atoms with Gasteiger partial charge in [-0.2, -0.15) is 5.26 Å². The number of rotatable bonds is 1. The van der Waals surface area contributed by atoms with Crippen molar-refractivity contribution in [3.8, 4) is 6.07 Å². The van der Waals surface area contributed by atoms with E-state index in [2.05, 4.69) is 5.32 Å². The fraction of sp³-hybridized carbons (Fsp3) is 0.286. The Kier molecular flexibility index (Phi) is 2.84. The molecule has 92 valence electrons. The maximum absolute atomic E-state index is 11.4. The minimum Gasteiger partial charge on any atom is -0.438 e. The third-order valence-electron chi connectivity index (χ3n) is 2.99. The predicted octanol–water partition coefficient (Wildman–Crippen LogP) is 3.41. The number of allylic oxidation sites excluding steroid dienone is 2. The number of hydrogen-bond acceptors (Lipinski definition) is 3. The first-order valence-corrected chi connectivity index (χ1v) is 5.65. The quantitative estimate of drug-likeness (QED) is 0.767. The molecule has 0 saturated heterocycles. The van der Waals surface area contributed by atoms with Gasteiger partial charge in [-0.3, -0.25) is 5.32 Å². The van der Waals surface area contributed by atoms with Gasteiger partial charge >= 0.3 is 6.09 Å². The molecule has 0 spiro atoms. The first-order valence-electron chi connectivity index (χ1n) is 5.65. The molecule has 0 atom stereocenters. The highest BCUT2D eigenvalue weighted by Crippen LogP contribution is 2.36. The summed E-state index contributed by atoms with van der Waals surface area (Å²) < 4.78 is 5.26. The zero-order valence-corrected chi connectivity index (χ0v) is 10.6. The summed E-state index contributed by atoms with van der Waals surface area (Å²) in [5.41, 5.74) is 2.83. The second kappa shape index (κ2) is 4.19. The van der Waals surface area contributed by atoms with Gasteiger partial charge in [-0.05, 0) is 44.0 Å². The summed E-state index contributed by atoms with van der Waals surface area (Å²) in [7, 11) is 0. The molecule has 0 unspecified atom stereocenters. The summed E-state index contributed by atoms with van der Waals surface area (Å²) in [6, 6.07) is 7.67. The number of fused-ring (bicyclic) bond motifs is 1. The topological polar surface area (TPSA) is 62.1 Å². The zero-order valence-electron chi connectivity index (χ0n) is 10.6. The molecule has 1 amide bonds. The van der Waals surface area contributed by atoms with Crippen LogP contribution < -0.4 is 5.32 Å². The van der Waals surface area contributed by atoms with Crippen molar-refractivity contribution in [2.24, 2.45) is 0 Å². The van der Waals surface area contributed by atoms with E-state index >= 15 is 0 Å². The van der Waals surface area contributed by atoms with Gasteiger partial charge in [0, 0.05) is 11.6 Å². The Morgan fingerprint density at radius 3 is 2.89 bits per heavy atom. The lowest BCUT2D eigenvalue weighted by Gasteiger charge is -2.32. The molecule has 4 nitrogen and oxygen atoms in total. The Labute approximate surface area is 106 Å². The summed E-state index contributed by atoms with van der Waals surface area (Å²) >= 11 is 0. The second-order valence-electron chi connectivity index (χ2n) is 4.74. The van der Waals surface area contributed by atoms with E-state index in [9.17, 15) is 4.79 Å². The van der Waals surface area contributed by atoms with Crippen molar-refractivity contribution >= 4 is 17.4 Å². The number of carbonyl (C=O) groups is 1. The van der Waals surface area contributed by atoms with Crippen LogP contribution in [0.25, 0.3) is 5.57 Å². The summed E-state index contributed by atoms with van der Waals surface area (Å²) in [6.45, 7) is 5.57. The standard InChI is InChI=1S/C14H14N2O2/c1-9(6-7-15)10-4-5-12-11(8-10)14(2,3)18-13(17)16-12/h4-6,8H,1-3H3,(H,16,17). The van der Waals surface area contributed by atoms with Gasteiger partial charge in [0.15, 0.2) is 0 Å². The molecule has 4 heteroatoms. The van der Waals surface area contributed by atoms with Crippen LogP contribution in [0.3, 0.4) is 0 Å². The summed E-state index contributed by atoms with van der Waals surface area (Å²) in [6.07, 6.45) is 1.06. The van der Waals surface area contributed by atoms with Crippen molar-refractivity contribution in [3.05, 3.63) is 35.4 Å². The van der Waals surface area contributed by atoms with Crippen LogP contribution in [0, 0.1) is 11.3 Å². The largest absolute Gasteiger partial charge is 0.438 e. The highest BCUT2D eigenvalue weighted by atomic mass is 16.6. The molecule has 1 aliphatic heterocycles. The van der Waals surface area contributed by atoms with Crippen molar-refractivity contribution in [2.45, 2.75) is 26.4 Å². The average molecular weight is 242 g/mol. The molecule has 0 aliphatic carbocycles. The van der Waals surface area contributed by atoms with Crippen LogP contribution in [0.2, 0.25) is 0 Å². The highest BCUT2D eigenvalue weighted by molar-refractivity contribution is 5.89. The van der Waals surface area contributed by atoms with Crippen LogP contribution in [0.15, 0.2) is 24.3 Å². The van der Waals surface area contributed by atoms with Gasteiger partial charge < -0.3 is 4.74 Å². The van der Waals surface area contributed by atoms with Crippen molar-refractivity contribution in [2.75, 3.05) is 5.32 Å². The molecule has 1 N–H and O–H groups in total. The number of nitriles is 1. The number of cyclic esters (lactones) is 1. The maximum Gasteiger partial charge on any atom is 0.412 e. The third-order valence-corrected chi connectivity index (χ3v) is 2.99. The molecule has 1 aromatic rings. The normalized spacial score (nSPS) is 17.2. The van der Waals surface area contributed by atoms with Gasteiger partial charge in [0.25, 0.3) is 0 Å². The van der Waals surface area contributed by atoms with Crippen molar-refractivity contribution in [1.29, 1.82) is 5.26 Å². The lowest BCUT2D eigenvalue weighted by Crippen LogP contribution is -2.34. The number of nitrogens with zero attached hydrogens (tertiary/aromatic N) is 1. The number of amides is 1. The lowest BCUT2D eigenvalue weighted by atomic mass is 9.91. The Hall–Kier alpha value is -2.28. The smallest absolute Gasteiger partial charge is 0.412 e. The van der Waals surface area contributed by atoms with Crippen LogP contribution in [0.5, 0.6) is 0 Å². The van der Waals surface area contributed by atoms with E-state index in [1.807, 2.05) is 45.0 Å². The van der Waals surface area contributed by atoms with Crippen LogP contribution in [0.4, 0.5) is 10.5 Å². The molecule has 1 aliphatic rings. The summed E-state index contributed by atoms with van der Waals surface area (Å²) in [5.74, 6) is 0. The van der Waals surface area contributed by atoms with Gasteiger partial charge in [-0.15, -0.1) is 0 Å². The van der Waals surface area contributed by atoms with E-state index in [0.29, 0.717) is 0 Å². The summed E-state index contributed by atoms with van der Waals surface area (Å²) in [5, 5.41) is 11.3. The summed E-state index contributed by atoms with van der Waals surface area (Å²) in [4.78, 5) is 11.4. The highest BCUT2D eigenvalue weighted by Gasteiger charge is 2.33. The van der Waals surface area contributed by atoms with E-state index in [4.69, 9.17) is 10.00 Å². The Bertz CT molecular complexity index is 580. The van der Waals surface area contributed by atoms with Gasteiger partial charge in [0.2, 0.25) is 0 Å². The zero-order chi connectivity index (χ0) is 13.3. The van der Waals surface area contributed by atoms with Crippen LogP contribution in [-0.4, -0.2) is 6.09 Å². The molecule has 2 rings (SSSR count). The minimum absolute atomic E-state index is 0.440. The third kappa shape index (κ3) is 2.07. The molecule has 0 saturated carbocycles. The maximum atomic E-state index is 11.4. The second-order valence-corrected chi connectivity index (χ2v) is 4.74. The minimum atomic E-state index is -0.666. The molecular weight excluding hydrogens is 228 g/mol. The fourth-order valence-corrected chi connectivity index (χ4v) is 2.00. The fourth-order valence-electron chi connectivity index (χ4n) is 2.00. The monoisotopic (exact) mass is 242 g/mol. The van der Waals surface area contributed by atoms with E-state index in [0.717, 1.165) is 22.4 Å². The number of carbonyl (C=O) groups excluding carboxylic acids is 1.